The molecule has 0 saturated heterocycles. The number of amides is 2. The molecule has 0 aliphatic heterocycles. The van der Waals surface area contributed by atoms with Gasteiger partial charge in [-0.25, -0.2) is 9.59 Å². The highest BCUT2D eigenvalue weighted by molar-refractivity contribution is 5.82. The monoisotopic (exact) mass is 256 g/mol. The summed E-state index contributed by atoms with van der Waals surface area (Å²) in [5.74, 6) is -0.838. The molecule has 8 nitrogen and oxygen atoms in total. The quantitative estimate of drug-likeness (QED) is 0.660. The zero-order valence-electron chi connectivity index (χ0n) is 10.2. The molecule has 0 spiro atoms. The van der Waals surface area contributed by atoms with Crippen LogP contribution in [0.25, 0.3) is 0 Å². The molecule has 1 atom stereocenters. The molecule has 1 heterocycles. The lowest BCUT2D eigenvalue weighted by Crippen LogP contribution is -2.48. The Labute approximate surface area is 104 Å². The second kappa shape index (κ2) is 6.58. The van der Waals surface area contributed by atoms with Crippen LogP contribution in [0.2, 0.25) is 0 Å². The van der Waals surface area contributed by atoms with Crippen LogP contribution in [0.1, 0.15) is 19.7 Å². The minimum Gasteiger partial charge on any atom is -0.480 e. The van der Waals surface area contributed by atoms with Crippen molar-refractivity contribution in [3.63, 3.8) is 0 Å². The van der Waals surface area contributed by atoms with Crippen molar-refractivity contribution in [2.24, 2.45) is 5.92 Å². The van der Waals surface area contributed by atoms with Gasteiger partial charge in [-0.05, 0) is 5.92 Å². The zero-order chi connectivity index (χ0) is 13.5. The first-order chi connectivity index (χ1) is 8.50. The number of urea groups is 1. The number of hydrogen-bond donors (Lipinski definition) is 3. The third kappa shape index (κ3) is 4.40. The number of aromatic nitrogens is 2. The van der Waals surface area contributed by atoms with Crippen molar-refractivity contribution in [2.45, 2.75) is 26.3 Å². The van der Waals surface area contributed by atoms with E-state index in [1.54, 1.807) is 13.8 Å². The fraction of sp³-hybridized carbons (Fsp3) is 0.600. The van der Waals surface area contributed by atoms with Gasteiger partial charge in [0.2, 0.25) is 5.89 Å². The van der Waals surface area contributed by atoms with Crippen molar-refractivity contribution in [3.05, 3.63) is 12.2 Å². The maximum absolute atomic E-state index is 11.4. The zero-order valence-corrected chi connectivity index (χ0v) is 10.2. The Morgan fingerprint density at radius 3 is 2.72 bits per heavy atom. The van der Waals surface area contributed by atoms with E-state index < -0.39 is 18.0 Å². The van der Waals surface area contributed by atoms with E-state index in [4.69, 9.17) is 9.63 Å². The second-order valence-corrected chi connectivity index (χ2v) is 4.05. The van der Waals surface area contributed by atoms with Crippen LogP contribution in [0.5, 0.6) is 0 Å². The molecular weight excluding hydrogens is 240 g/mol. The first kappa shape index (κ1) is 13.9. The molecule has 1 aromatic heterocycles. The van der Waals surface area contributed by atoms with Crippen LogP contribution in [-0.4, -0.2) is 39.8 Å². The van der Waals surface area contributed by atoms with Gasteiger partial charge in [0.05, 0.1) is 0 Å². The Bertz CT molecular complexity index is 391. The number of nitrogens with zero attached hydrogens (tertiary/aromatic N) is 2. The second-order valence-electron chi connectivity index (χ2n) is 4.05. The predicted octanol–water partition coefficient (Wildman–Crippen LogP) is 0.0205. The average Bonchev–Trinajstić information content (AvgIpc) is 2.78. The van der Waals surface area contributed by atoms with Crippen molar-refractivity contribution in [1.82, 2.24) is 20.8 Å². The Balaban J connectivity index is 2.30. The van der Waals surface area contributed by atoms with E-state index in [1.165, 1.54) is 6.33 Å². The maximum atomic E-state index is 11.4. The predicted molar refractivity (Wildman–Crippen MR) is 60.8 cm³/mol. The highest BCUT2D eigenvalue weighted by Gasteiger charge is 2.23. The molecular formula is C10H16N4O4. The van der Waals surface area contributed by atoms with Crippen LogP contribution in [0.3, 0.4) is 0 Å². The van der Waals surface area contributed by atoms with E-state index in [-0.39, 0.29) is 5.92 Å². The number of hydrogen-bond acceptors (Lipinski definition) is 5. The molecule has 1 rings (SSSR count). The Morgan fingerprint density at radius 2 is 2.22 bits per heavy atom. The molecule has 100 valence electrons. The van der Waals surface area contributed by atoms with E-state index in [1.807, 2.05) is 0 Å². The summed E-state index contributed by atoms with van der Waals surface area (Å²) in [6.45, 7) is 3.73. The molecule has 3 N–H and O–H groups in total. The lowest BCUT2D eigenvalue weighted by Gasteiger charge is -2.17. The topological polar surface area (TPSA) is 117 Å². The molecule has 0 bridgehead atoms. The van der Waals surface area contributed by atoms with Gasteiger partial charge in [0.25, 0.3) is 0 Å². The van der Waals surface area contributed by atoms with Crippen LogP contribution < -0.4 is 10.6 Å². The van der Waals surface area contributed by atoms with Gasteiger partial charge in [0, 0.05) is 13.0 Å². The highest BCUT2D eigenvalue weighted by Crippen LogP contribution is 2.01. The molecule has 0 saturated carbocycles. The third-order valence-electron chi connectivity index (χ3n) is 2.25. The summed E-state index contributed by atoms with van der Waals surface area (Å²) in [7, 11) is 0. The number of carbonyl (C=O) groups excluding carboxylic acids is 1. The number of nitrogens with one attached hydrogen (secondary N) is 2. The van der Waals surface area contributed by atoms with Crippen LogP contribution in [0, 0.1) is 5.92 Å². The van der Waals surface area contributed by atoms with Gasteiger partial charge in [-0.3, -0.25) is 0 Å². The van der Waals surface area contributed by atoms with Crippen molar-refractivity contribution >= 4 is 12.0 Å². The molecule has 1 aromatic rings. The van der Waals surface area contributed by atoms with Crippen molar-refractivity contribution < 1.29 is 19.2 Å². The van der Waals surface area contributed by atoms with Gasteiger partial charge in [-0.1, -0.05) is 19.0 Å². The number of aliphatic carboxylic acids is 1. The van der Waals surface area contributed by atoms with Gasteiger partial charge in [-0.15, -0.1) is 0 Å². The Kier molecular flexibility index (Phi) is 5.09. The molecule has 8 heteroatoms. The third-order valence-corrected chi connectivity index (χ3v) is 2.25. The van der Waals surface area contributed by atoms with Crippen molar-refractivity contribution in [1.29, 1.82) is 0 Å². The number of carbonyl (C=O) groups is 2. The van der Waals surface area contributed by atoms with Crippen molar-refractivity contribution in [2.75, 3.05) is 6.54 Å². The summed E-state index contributed by atoms with van der Waals surface area (Å²) in [5, 5.41) is 17.2. The highest BCUT2D eigenvalue weighted by atomic mass is 16.5. The summed E-state index contributed by atoms with van der Waals surface area (Å²) < 4.78 is 4.75. The molecule has 0 aromatic carbocycles. The van der Waals surface area contributed by atoms with Crippen LogP contribution in [0.4, 0.5) is 4.79 Å². The molecule has 2 amide bonds. The summed E-state index contributed by atoms with van der Waals surface area (Å²) in [5.41, 5.74) is 0. The van der Waals surface area contributed by atoms with Gasteiger partial charge in [-0.2, -0.15) is 4.98 Å². The average molecular weight is 256 g/mol. The number of carboxylic acids is 1. The number of carboxylic acid groups (broad SMARTS) is 1. The smallest absolute Gasteiger partial charge is 0.326 e. The fourth-order valence-electron chi connectivity index (χ4n) is 1.29. The standard InChI is InChI=1S/C10H16N4O4/c1-6(2)8(9(15)16)14-10(17)11-4-3-7-12-5-13-18-7/h5-6,8H,3-4H2,1-2H3,(H,15,16)(H2,11,14,17). The molecule has 1 unspecified atom stereocenters. The summed E-state index contributed by atoms with van der Waals surface area (Å²) >= 11 is 0. The minimum absolute atomic E-state index is 0.191. The van der Waals surface area contributed by atoms with Crippen molar-refractivity contribution in [3.8, 4) is 0 Å². The molecule has 0 fully saturated rings. The fourth-order valence-corrected chi connectivity index (χ4v) is 1.29. The van der Waals surface area contributed by atoms with Gasteiger partial charge >= 0.3 is 12.0 Å². The molecule has 18 heavy (non-hydrogen) atoms. The Morgan fingerprint density at radius 1 is 1.50 bits per heavy atom. The van der Waals surface area contributed by atoms with E-state index >= 15 is 0 Å². The molecule has 0 aliphatic rings. The maximum Gasteiger partial charge on any atom is 0.326 e. The van der Waals surface area contributed by atoms with E-state index in [9.17, 15) is 9.59 Å². The normalized spacial score (nSPS) is 12.2. The Hall–Kier alpha value is -2.12. The van der Waals surface area contributed by atoms with Gasteiger partial charge in [0.15, 0.2) is 6.33 Å². The van der Waals surface area contributed by atoms with Gasteiger partial charge in [0.1, 0.15) is 6.04 Å². The van der Waals surface area contributed by atoms with Gasteiger partial charge < -0.3 is 20.3 Å². The minimum atomic E-state index is -1.06. The first-order valence-electron chi connectivity index (χ1n) is 5.53. The van der Waals surface area contributed by atoms with Crippen LogP contribution in [-0.2, 0) is 11.2 Å². The lowest BCUT2D eigenvalue weighted by molar-refractivity contribution is -0.140. The molecule has 0 radical (unpaired) electrons. The van der Waals surface area contributed by atoms with E-state index in [0.29, 0.717) is 18.9 Å². The summed E-state index contributed by atoms with van der Waals surface area (Å²) in [6, 6.07) is -1.44. The van der Waals surface area contributed by atoms with E-state index in [2.05, 4.69) is 20.8 Å². The van der Waals surface area contributed by atoms with E-state index in [0.717, 1.165) is 0 Å². The summed E-state index contributed by atoms with van der Waals surface area (Å²) in [6.07, 6.45) is 1.67. The largest absolute Gasteiger partial charge is 0.480 e. The summed E-state index contributed by atoms with van der Waals surface area (Å²) in [4.78, 5) is 26.1. The first-order valence-corrected chi connectivity index (χ1v) is 5.53. The molecule has 0 aliphatic carbocycles. The SMILES string of the molecule is CC(C)C(NC(=O)NCCc1ncno1)C(=O)O. The lowest BCUT2D eigenvalue weighted by atomic mass is 10.1. The van der Waals surface area contributed by atoms with Crippen LogP contribution >= 0.6 is 0 Å². The number of rotatable bonds is 6. The van der Waals surface area contributed by atoms with Crippen LogP contribution in [0.15, 0.2) is 10.9 Å².